The molecule has 138 valence electrons. The van der Waals surface area contributed by atoms with Crippen LogP contribution in [0.2, 0.25) is 5.02 Å². The van der Waals surface area contributed by atoms with E-state index in [0.29, 0.717) is 18.0 Å². The van der Waals surface area contributed by atoms with Crippen molar-refractivity contribution in [1.29, 1.82) is 0 Å². The summed E-state index contributed by atoms with van der Waals surface area (Å²) in [6.07, 6.45) is 4.36. The number of allylic oxidation sites excluding steroid dienone is 1. The quantitative estimate of drug-likeness (QED) is 0.784. The highest BCUT2D eigenvalue weighted by molar-refractivity contribution is 6.31. The third kappa shape index (κ3) is 4.28. The van der Waals surface area contributed by atoms with Gasteiger partial charge in [0.15, 0.2) is 0 Å². The van der Waals surface area contributed by atoms with E-state index >= 15 is 0 Å². The molecule has 1 fully saturated rings. The van der Waals surface area contributed by atoms with E-state index in [4.69, 9.17) is 11.6 Å². The van der Waals surface area contributed by atoms with Crippen LogP contribution in [0.1, 0.15) is 31.9 Å². The minimum atomic E-state index is -0.221. The van der Waals surface area contributed by atoms with Crippen molar-refractivity contribution in [3.63, 3.8) is 0 Å². The maximum Gasteiger partial charge on any atom is 0.237 e. The molecule has 7 nitrogen and oxygen atoms in total. The molecule has 3 rings (SSSR count). The highest BCUT2D eigenvalue weighted by Crippen LogP contribution is 2.27. The van der Waals surface area contributed by atoms with E-state index in [1.165, 1.54) is 5.57 Å². The normalized spacial score (nSPS) is 21.1. The molecule has 2 heterocycles. The highest BCUT2D eigenvalue weighted by Gasteiger charge is 2.38. The molecular weight excluding hydrogens is 352 g/mol. The van der Waals surface area contributed by atoms with Crippen LogP contribution in [0.3, 0.4) is 0 Å². The number of carbonyl (C=O) groups is 1. The van der Waals surface area contributed by atoms with Crippen LogP contribution in [0.5, 0.6) is 0 Å². The number of rotatable bonds is 6. The number of carbonyl (C=O) groups excluding carboxylic acids is 1. The molecule has 1 aromatic heterocycles. The van der Waals surface area contributed by atoms with Crippen LogP contribution >= 0.6 is 11.6 Å². The Kier molecular flexibility index (Phi) is 6.00. The fourth-order valence-electron chi connectivity index (χ4n) is 3.21. The molecule has 2 aromatic rings. The Morgan fingerprint density at radius 1 is 1.42 bits per heavy atom. The molecule has 0 radical (unpaired) electrons. The Morgan fingerprint density at radius 2 is 2.23 bits per heavy atom. The zero-order valence-electron chi connectivity index (χ0n) is 15.0. The molecule has 0 bridgehead atoms. The Hall–Kier alpha value is -2.25. The van der Waals surface area contributed by atoms with E-state index in [1.807, 2.05) is 31.2 Å². The second-order valence-corrected chi connectivity index (χ2v) is 6.98. The molecule has 1 amide bonds. The first kappa shape index (κ1) is 18.5. The standard InChI is InChI=1S/C18H23ClN6O/c1-3-13(2)10-24-11-15(25-12-21-22-23-25)8-17(24)18(26)20-9-14-6-4-5-7-16(14)19/h3-7,12,15,17H,8-11H2,1-2H3,(H,20,26)/b13-3+/t15-,17+/m1/s1. The average molecular weight is 375 g/mol. The summed E-state index contributed by atoms with van der Waals surface area (Å²) in [7, 11) is 0. The number of tetrazole rings is 1. The van der Waals surface area contributed by atoms with E-state index in [2.05, 4.69) is 38.7 Å². The molecule has 0 saturated carbocycles. The lowest BCUT2D eigenvalue weighted by Gasteiger charge is -2.23. The maximum absolute atomic E-state index is 12.8. The van der Waals surface area contributed by atoms with Gasteiger partial charge in [0.1, 0.15) is 6.33 Å². The number of nitrogens with zero attached hydrogens (tertiary/aromatic N) is 5. The van der Waals surface area contributed by atoms with Crippen LogP contribution in [0, 0.1) is 0 Å². The van der Waals surface area contributed by atoms with Gasteiger partial charge in [0.2, 0.25) is 5.91 Å². The van der Waals surface area contributed by atoms with E-state index in [-0.39, 0.29) is 18.0 Å². The third-order valence-electron chi connectivity index (χ3n) is 4.78. The van der Waals surface area contributed by atoms with Gasteiger partial charge < -0.3 is 5.32 Å². The monoisotopic (exact) mass is 374 g/mol. The summed E-state index contributed by atoms with van der Waals surface area (Å²) in [6, 6.07) is 7.41. The van der Waals surface area contributed by atoms with Crippen molar-refractivity contribution in [3.8, 4) is 0 Å². The highest BCUT2D eigenvalue weighted by atomic mass is 35.5. The van der Waals surface area contributed by atoms with Gasteiger partial charge in [0.05, 0.1) is 12.1 Å². The van der Waals surface area contributed by atoms with Gasteiger partial charge in [-0.1, -0.05) is 41.4 Å². The van der Waals surface area contributed by atoms with Gasteiger partial charge in [0.25, 0.3) is 0 Å². The first-order valence-electron chi connectivity index (χ1n) is 8.68. The van der Waals surface area contributed by atoms with Crippen molar-refractivity contribution >= 4 is 17.5 Å². The number of nitrogens with one attached hydrogen (secondary N) is 1. The van der Waals surface area contributed by atoms with Gasteiger partial charge in [-0.25, -0.2) is 4.68 Å². The zero-order chi connectivity index (χ0) is 18.5. The van der Waals surface area contributed by atoms with Crippen LogP contribution in [-0.2, 0) is 11.3 Å². The summed E-state index contributed by atoms with van der Waals surface area (Å²) in [5, 5.41) is 15.1. The van der Waals surface area contributed by atoms with E-state index in [0.717, 1.165) is 18.7 Å². The van der Waals surface area contributed by atoms with Crippen molar-refractivity contribution in [1.82, 2.24) is 30.4 Å². The third-order valence-corrected chi connectivity index (χ3v) is 5.15. The SMILES string of the molecule is C/C=C(\C)CN1C[C@H](n2cnnn2)C[C@H]1C(=O)NCc1ccccc1Cl. The van der Waals surface area contributed by atoms with Crippen LogP contribution in [-0.4, -0.2) is 50.1 Å². The van der Waals surface area contributed by atoms with Gasteiger partial charge >= 0.3 is 0 Å². The molecule has 2 atom stereocenters. The Balaban J connectivity index is 1.69. The Morgan fingerprint density at radius 3 is 2.92 bits per heavy atom. The lowest BCUT2D eigenvalue weighted by atomic mass is 10.1. The second kappa shape index (κ2) is 8.42. The molecule has 8 heteroatoms. The number of hydrogen-bond donors (Lipinski definition) is 1. The molecular formula is C18H23ClN6O. The van der Waals surface area contributed by atoms with E-state index in [1.54, 1.807) is 11.0 Å². The van der Waals surface area contributed by atoms with Gasteiger partial charge in [-0.2, -0.15) is 0 Å². The molecule has 1 aromatic carbocycles. The summed E-state index contributed by atoms with van der Waals surface area (Å²) in [5.74, 6) is 0.00407. The molecule has 1 aliphatic rings. The topological polar surface area (TPSA) is 75.9 Å². The number of amides is 1. The van der Waals surface area contributed by atoms with Crippen molar-refractivity contribution in [2.75, 3.05) is 13.1 Å². The molecule has 0 unspecified atom stereocenters. The second-order valence-electron chi connectivity index (χ2n) is 6.57. The van der Waals surface area contributed by atoms with Crippen molar-refractivity contribution in [3.05, 3.63) is 52.8 Å². The van der Waals surface area contributed by atoms with Crippen molar-refractivity contribution in [2.24, 2.45) is 0 Å². The van der Waals surface area contributed by atoms with Crippen LogP contribution in [0.15, 0.2) is 42.2 Å². The number of likely N-dealkylation sites (tertiary alicyclic amines) is 1. The maximum atomic E-state index is 12.8. The lowest BCUT2D eigenvalue weighted by molar-refractivity contribution is -0.125. The van der Waals surface area contributed by atoms with Crippen LogP contribution in [0.4, 0.5) is 0 Å². The molecule has 1 saturated heterocycles. The largest absolute Gasteiger partial charge is 0.351 e. The van der Waals surface area contributed by atoms with Gasteiger partial charge in [0, 0.05) is 24.7 Å². The van der Waals surface area contributed by atoms with Gasteiger partial charge in [-0.15, -0.1) is 5.10 Å². The summed E-state index contributed by atoms with van der Waals surface area (Å²) < 4.78 is 1.74. The first-order valence-corrected chi connectivity index (χ1v) is 9.05. The summed E-state index contributed by atoms with van der Waals surface area (Å²) in [5.41, 5.74) is 2.14. The summed E-state index contributed by atoms with van der Waals surface area (Å²) >= 11 is 6.18. The predicted molar refractivity (Wildman–Crippen MR) is 99.6 cm³/mol. The van der Waals surface area contributed by atoms with Gasteiger partial charge in [-0.05, 0) is 42.3 Å². The van der Waals surface area contributed by atoms with Crippen LogP contribution < -0.4 is 5.32 Å². The average Bonchev–Trinajstić information content (AvgIpc) is 3.30. The number of hydrogen-bond acceptors (Lipinski definition) is 5. The van der Waals surface area contributed by atoms with Gasteiger partial charge in [-0.3, -0.25) is 9.69 Å². The van der Waals surface area contributed by atoms with E-state index < -0.39 is 0 Å². The Labute approximate surface area is 158 Å². The molecule has 1 N–H and O–H groups in total. The molecule has 1 aliphatic heterocycles. The Bertz CT molecular complexity index is 776. The van der Waals surface area contributed by atoms with Crippen LogP contribution in [0.25, 0.3) is 0 Å². The molecule has 0 aliphatic carbocycles. The van der Waals surface area contributed by atoms with Crippen molar-refractivity contribution in [2.45, 2.75) is 38.9 Å². The van der Waals surface area contributed by atoms with Crippen molar-refractivity contribution < 1.29 is 4.79 Å². The minimum absolute atomic E-state index is 0.00407. The smallest absolute Gasteiger partial charge is 0.237 e. The fourth-order valence-corrected chi connectivity index (χ4v) is 3.41. The summed E-state index contributed by atoms with van der Waals surface area (Å²) in [6.45, 7) is 5.99. The van der Waals surface area contributed by atoms with E-state index in [9.17, 15) is 4.79 Å². The number of halogens is 1. The summed E-state index contributed by atoms with van der Waals surface area (Å²) in [4.78, 5) is 15.0. The zero-order valence-corrected chi connectivity index (χ0v) is 15.7. The molecule has 0 spiro atoms. The molecule has 26 heavy (non-hydrogen) atoms. The number of aromatic nitrogens is 4. The lowest BCUT2D eigenvalue weighted by Crippen LogP contribution is -2.43. The first-order chi connectivity index (χ1) is 12.6. The minimum Gasteiger partial charge on any atom is -0.351 e. The fraction of sp³-hybridized carbons (Fsp3) is 0.444. The number of benzene rings is 1. The predicted octanol–water partition coefficient (Wildman–Crippen LogP) is 2.22.